The van der Waals surface area contributed by atoms with Crippen LogP contribution in [0.3, 0.4) is 0 Å². The first-order valence-corrected chi connectivity index (χ1v) is 8.23. The third kappa shape index (κ3) is 2.50. The van der Waals surface area contributed by atoms with Crippen LogP contribution in [-0.4, -0.2) is 44.1 Å². The zero-order valence-electron chi connectivity index (χ0n) is 11.9. The minimum atomic E-state index is -3.65. The third-order valence-electron chi connectivity index (χ3n) is 3.73. The van der Waals surface area contributed by atoms with E-state index in [0.29, 0.717) is 24.3 Å². The molecule has 2 aromatic heterocycles. The van der Waals surface area contributed by atoms with Crippen LogP contribution >= 0.6 is 0 Å². The molecule has 0 saturated heterocycles. The molecule has 0 atom stereocenters. The molecule has 21 heavy (non-hydrogen) atoms. The number of ether oxygens (including phenoxy) is 1. The number of imidazole rings is 1. The SMILES string of the molecule is CNc1nc2ccccn2c1S(=O)(=O)NC1CC(OC)C1. The van der Waals surface area contributed by atoms with Crippen molar-refractivity contribution >= 4 is 21.5 Å². The highest BCUT2D eigenvalue weighted by Crippen LogP contribution is 2.27. The van der Waals surface area contributed by atoms with E-state index in [1.54, 1.807) is 36.9 Å². The van der Waals surface area contributed by atoms with Crippen LogP contribution in [-0.2, 0) is 14.8 Å². The highest BCUT2D eigenvalue weighted by molar-refractivity contribution is 7.89. The maximum absolute atomic E-state index is 12.6. The van der Waals surface area contributed by atoms with E-state index >= 15 is 0 Å². The Hall–Kier alpha value is -1.64. The molecule has 2 N–H and O–H groups in total. The summed E-state index contributed by atoms with van der Waals surface area (Å²) in [6.45, 7) is 0. The molecule has 8 heteroatoms. The van der Waals surface area contributed by atoms with Crippen molar-refractivity contribution in [2.75, 3.05) is 19.5 Å². The molecule has 0 unspecified atom stereocenters. The molecule has 0 amide bonds. The lowest BCUT2D eigenvalue weighted by atomic mass is 9.90. The lowest BCUT2D eigenvalue weighted by molar-refractivity contribution is 0.0236. The molecule has 0 radical (unpaired) electrons. The van der Waals surface area contributed by atoms with Gasteiger partial charge in [-0.1, -0.05) is 6.07 Å². The van der Waals surface area contributed by atoms with Crippen molar-refractivity contribution in [2.24, 2.45) is 0 Å². The van der Waals surface area contributed by atoms with Gasteiger partial charge in [0.2, 0.25) is 0 Å². The van der Waals surface area contributed by atoms with Crippen molar-refractivity contribution in [2.45, 2.75) is 30.0 Å². The molecule has 0 aliphatic heterocycles. The molecular formula is C13H18N4O3S. The predicted octanol–water partition coefficient (Wildman–Crippen LogP) is 0.832. The first kappa shape index (κ1) is 14.3. The highest BCUT2D eigenvalue weighted by Gasteiger charge is 2.35. The van der Waals surface area contributed by atoms with Crippen LogP contribution in [0.15, 0.2) is 29.4 Å². The van der Waals surface area contributed by atoms with Gasteiger partial charge in [0.05, 0.1) is 6.10 Å². The fraction of sp³-hybridized carbons (Fsp3) is 0.462. The maximum Gasteiger partial charge on any atom is 0.260 e. The van der Waals surface area contributed by atoms with Crippen molar-refractivity contribution in [3.05, 3.63) is 24.4 Å². The van der Waals surface area contributed by atoms with Gasteiger partial charge >= 0.3 is 0 Å². The van der Waals surface area contributed by atoms with E-state index < -0.39 is 10.0 Å². The highest BCUT2D eigenvalue weighted by atomic mass is 32.2. The quantitative estimate of drug-likeness (QED) is 0.854. The van der Waals surface area contributed by atoms with Crippen molar-refractivity contribution in [3.63, 3.8) is 0 Å². The zero-order valence-corrected chi connectivity index (χ0v) is 12.7. The Morgan fingerprint density at radius 1 is 1.38 bits per heavy atom. The minimum Gasteiger partial charge on any atom is -0.381 e. The topological polar surface area (TPSA) is 84.7 Å². The monoisotopic (exact) mass is 310 g/mol. The van der Waals surface area contributed by atoms with Gasteiger partial charge in [0.15, 0.2) is 10.8 Å². The first-order valence-electron chi connectivity index (χ1n) is 6.75. The van der Waals surface area contributed by atoms with Crippen molar-refractivity contribution in [3.8, 4) is 0 Å². The zero-order chi connectivity index (χ0) is 15.0. The van der Waals surface area contributed by atoms with Gasteiger partial charge in [0.1, 0.15) is 5.65 Å². The van der Waals surface area contributed by atoms with Crippen molar-refractivity contribution in [1.29, 1.82) is 0 Å². The number of fused-ring (bicyclic) bond motifs is 1. The summed E-state index contributed by atoms with van der Waals surface area (Å²) in [7, 11) is -0.350. The van der Waals surface area contributed by atoms with Gasteiger partial charge in [-0.15, -0.1) is 0 Å². The predicted molar refractivity (Wildman–Crippen MR) is 78.9 cm³/mol. The molecule has 2 aromatic rings. The fourth-order valence-corrected chi connectivity index (χ4v) is 4.08. The van der Waals surface area contributed by atoms with Crippen LogP contribution in [0, 0.1) is 0 Å². The van der Waals surface area contributed by atoms with Gasteiger partial charge in [-0.2, -0.15) is 0 Å². The Bertz CT molecular complexity index is 750. The number of rotatable bonds is 5. The van der Waals surface area contributed by atoms with Crippen LogP contribution in [0.25, 0.3) is 5.65 Å². The summed E-state index contributed by atoms with van der Waals surface area (Å²) < 4.78 is 34.7. The molecule has 1 fully saturated rings. The average Bonchev–Trinajstić information content (AvgIpc) is 2.81. The second kappa shape index (κ2) is 5.28. The normalized spacial score (nSPS) is 22.2. The molecule has 0 bridgehead atoms. The van der Waals surface area contributed by atoms with E-state index in [0.717, 1.165) is 0 Å². The van der Waals surface area contributed by atoms with Gasteiger partial charge in [-0.05, 0) is 25.0 Å². The van der Waals surface area contributed by atoms with Crippen LogP contribution in [0.2, 0.25) is 0 Å². The van der Waals surface area contributed by atoms with Crippen molar-refractivity contribution < 1.29 is 13.2 Å². The second-order valence-corrected chi connectivity index (χ2v) is 6.72. The number of methoxy groups -OCH3 is 1. The number of nitrogens with one attached hydrogen (secondary N) is 2. The van der Waals surface area contributed by atoms with E-state index in [-0.39, 0.29) is 17.2 Å². The van der Waals surface area contributed by atoms with Crippen LogP contribution in [0.4, 0.5) is 5.82 Å². The number of sulfonamides is 1. The number of hydrogen-bond donors (Lipinski definition) is 2. The Morgan fingerprint density at radius 2 is 2.14 bits per heavy atom. The molecule has 1 aliphatic rings. The molecule has 1 aliphatic carbocycles. The summed E-state index contributed by atoms with van der Waals surface area (Å²) in [6.07, 6.45) is 3.22. The second-order valence-electron chi connectivity index (χ2n) is 5.09. The number of anilines is 1. The van der Waals surface area contributed by atoms with Crippen LogP contribution in [0.5, 0.6) is 0 Å². The van der Waals surface area contributed by atoms with Gasteiger partial charge in [0.25, 0.3) is 10.0 Å². The summed E-state index contributed by atoms with van der Waals surface area (Å²) in [6, 6.07) is 5.28. The minimum absolute atomic E-state index is 0.0843. The molecule has 0 aromatic carbocycles. The van der Waals surface area contributed by atoms with Crippen molar-refractivity contribution in [1.82, 2.24) is 14.1 Å². The summed E-state index contributed by atoms with van der Waals surface area (Å²) in [5.41, 5.74) is 0.589. The smallest absolute Gasteiger partial charge is 0.260 e. The molecular weight excluding hydrogens is 292 g/mol. The van der Waals surface area contributed by atoms with Gasteiger partial charge < -0.3 is 10.1 Å². The molecule has 2 heterocycles. The van der Waals surface area contributed by atoms with E-state index in [2.05, 4.69) is 15.0 Å². The summed E-state index contributed by atoms with van der Waals surface area (Å²) in [5.74, 6) is 0.344. The Kier molecular flexibility index (Phi) is 3.60. The van der Waals surface area contributed by atoms with E-state index in [9.17, 15) is 8.42 Å². The third-order valence-corrected chi connectivity index (χ3v) is 5.27. The number of pyridine rings is 1. The average molecular weight is 310 g/mol. The van der Waals surface area contributed by atoms with Gasteiger partial charge in [0, 0.05) is 26.4 Å². The first-order chi connectivity index (χ1) is 10.0. The van der Waals surface area contributed by atoms with Gasteiger partial charge in [-0.3, -0.25) is 4.40 Å². The Labute approximate surface area is 123 Å². The van der Waals surface area contributed by atoms with E-state index in [1.807, 2.05) is 6.07 Å². The molecule has 3 rings (SSSR count). The molecule has 114 valence electrons. The largest absolute Gasteiger partial charge is 0.381 e. The van der Waals surface area contributed by atoms with Crippen LogP contribution < -0.4 is 10.0 Å². The number of hydrogen-bond acceptors (Lipinski definition) is 5. The lowest BCUT2D eigenvalue weighted by Gasteiger charge is -2.34. The van der Waals surface area contributed by atoms with E-state index in [4.69, 9.17) is 4.74 Å². The van der Waals surface area contributed by atoms with Gasteiger partial charge in [-0.25, -0.2) is 18.1 Å². The summed E-state index contributed by atoms with van der Waals surface area (Å²) in [5, 5.41) is 2.98. The maximum atomic E-state index is 12.6. The Balaban J connectivity index is 1.95. The molecule has 1 saturated carbocycles. The number of aromatic nitrogens is 2. The number of nitrogens with zero attached hydrogens (tertiary/aromatic N) is 2. The van der Waals surface area contributed by atoms with E-state index in [1.165, 1.54) is 0 Å². The Morgan fingerprint density at radius 3 is 2.81 bits per heavy atom. The molecule has 0 spiro atoms. The van der Waals surface area contributed by atoms with Crippen LogP contribution in [0.1, 0.15) is 12.8 Å². The molecule has 7 nitrogen and oxygen atoms in total. The summed E-state index contributed by atoms with van der Waals surface area (Å²) >= 11 is 0. The fourth-order valence-electron chi connectivity index (χ4n) is 2.52. The summed E-state index contributed by atoms with van der Waals surface area (Å²) in [4.78, 5) is 4.29. The lowest BCUT2D eigenvalue weighted by Crippen LogP contribution is -2.47. The standard InChI is InChI=1S/C13H18N4O3S/c1-14-12-13(17-6-4-3-5-11(17)15-12)21(18,19)16-9-7-10(8-9)20-2/h3-6,9-10,14,16H,7-8H2,1-2H3.